The number of hydrogen-bond acceptors (Lipinski definition) is 7. The summed E-state index contributed by atoms with van der Waals surface area (Å²) in [6, 6.07) is 10.0. The molecule has 0 unspecified atom stereocenters. The Hall–Kier alpha value is -3.32. The summed E-state index contributed by atoms with van der Waals surface area (Å²) in [5, 5.41) is 11.2. The number of esters is 1. The Morgan fingerprint density at radius 2 is 2.04 bits per heavy atom. The maximum atomic E-state index is 11.9. The molecule has 0 spiro atoms. The first-order chi connectivity index (χ1) is 12.5. The van der Waals surface area contributed by atoms with E-state index in [0.29, 0.717) is 10.6 Å². The molecule has 2 rings (SSSR count). The van der Waals surface area contributed by atoms with Gasteiger partial charge in [0, 0.05) is 17.2 Å². The van der Waals surface area contributed by atoms with Crippen LogP contribution < -0.4 is 16.6 Å². The Morgan fingerprint density at radius 1 is 1.27 bits per heavy atom. The van der Waals surface area contributed by atoms with Crippen LogP contribution in [0.2, 0.25) is 0 Å². The minimum atomic E-state index is -0.804. The van der Waals surface area contributed by atoms with Gasteiger partial charge in [0.1, 0.15) is 6.54 Å². The number of nitriles is 1. The van der Waals surface area contributed by atoms with Crippen LogP contribution in [0.25, 0.3) is 0 Å². The molecule has 1 amide bonds. The number of carbonyl (C=O) groups is 2. The van der Waals surface area contributed by atoms with Crippen molar-refractivity contribution in [2.75, 3.05) is 17.7 Å². The van der Waals surface area contributed by atoms with Crippen molar-refractivity contribution >= 4 is 29.3 Å². The molecular formula is C16H14N4O5S. The van der Waals surface area contributed by atoms with Crippen molar-refractivity contribution in [3.8, 4) is 6.07 Å². The number of rotatable bonds is 7. The predicted molar refractivity (Wildman–Crippen MR) is 93.7 cm³/mol. The summed E-state index contributed by atoms with van der Waals surface area (Å²) in [6.07, 6.45) is 1.16. The molecule has 1 aromatic heterocycles. The Bertz CT molecular complexity index is 960. The third kappa shape index (κ3) is 5.64. The van der Waals surface area contributed by atoms with Crippen LogP contribution in [0.1, 0.15) is 0 Å². The van der Waals surface area contributed by atoms with Gasteiger partial charge >= 0.3 is 11.7 Å². The Morgan fingerprint density at radius 3 is 2.77 bits per heavy atom. The van der Waals surface area contributed by atoms with E-state index in [0.717, 1.165) is 16.8 Å². The third-order valence-corrected chi connectivity index (χ3v) is 3.95. The lowest BCUT2D eigenvalue weighted by Crippen LogP contribution is -2.32. The average Bonchev–Trinajstić information content (AvgIpc) is 2.61. The summed E-state index contributed by atoms with van der Waals surface area (Å²) < 4.78 is 5.78. The highest BCUT2D eigenvalue weighted by molar-refractivity contribution is 7.99. The Balaban J connectivity index is 1.89. The zero-order valence-electron chi connectivity index (χ0n) is 13.4. The van der Waals surface area contributed by atoms with Crippen LogP contribution in [-0.2, 0) is 20.9 Å². The van der Waals surface area contributed by atoms with Gasteiger partial charge < -0.3 is 10.1 Å². The van der Waals surface area contributed by atoms with Gasteiger partial charge in [0.25, 0.3) is 11.5 Å². The monoisotopic (exact) mass is 374 g/mol. The van der Waals surface area contributed by atoms with Crippen molar-refractivity contribution in [1.82, 2.24) is 9.55 Å². The first kappa shape index (κ1) is 19.0. The molecule has 2 N–H and O–H groups in total. The van der Waals surface area contributed by atoms with Gasteiger partial charge in [-0.25, -0.2) is 4.79 Å². The van der Waals surface area contributed by atoms with Gasteiger partial charge in [-0.15, -0.1) is 11.8 Å². The number of hydrogen-bond donors (Lipinski definition) is 2. The van der Waals surface area contributed by atoms with E-state index >= 15 is 0 Å². The molecule has 1 heterocycles. The molecule has 0 bridgehead atoms. The summed E-state index contributed by atoms with van der Waals surface area (Å²) >= 11 is 1.27. The normalized spacial score (nSPS) is 9.96. The molecule has 0 saturated heterocycles. The van der Waals surface area contributed by atoms with Crippen LogP contribution in [0.15, 0.2) is 51.0 Å². The fraction of sp³-hybridized carbons (Fsp3) is 0.188. The molecule has 9 nitrogen and oxygen atoms in total. The van der Waals surface area contributed by atoms with Crippen molar-refractivity contribution in [2.45, 2.75) is 11.4 Å². The molecule has 0 aliphatic rings. The largest absolute Gasteiger partial charge is 0.454 e. The van der Waals surface area contributed by atoms with Crippen LogP contribution >= 0.6 is 11.8 Å². The zero-order valence-corrected chi connectivity index (χ0v) is 14.2. The molecule has 26 heavy (non-hydrogen) atoms. The summed E-state index contributed by atoms with van der Waals surface area (Å²) in [6.45, 7) is -0.967. The van der Waals surface area contributed by atoms with Gasteiger partial charge in [-0.05, 0) is 12.1 Å². The number of thioether (sulfide) groups is 1. The number of benzene rings is 1. The molecule has 2 aromatic rings. The smallest absolute Gasteiger partial charge is 0.328 e. The standard InChI is InChI=1S/C16H14N4O5S/c17-6-8-26-12-4-2-1-3-11(12)18-14(22)10-25-15(23)9-20-7-5-13(21)19-16(20)24/h1-5,7H,8-10H2,(H,18,22)(H,19,21,24). The SMILES string of the molecule is N#CCSc1ccccc1NC(=O)COC(=O)Cn1ccc(=O)[nH]c1=O. The van der Waals surface area contributed by atoms with E-state index in [-0.39, 0.29) is 5.75 Å². The second kappa shape index (κ2) is 9.24. The van der Waals surface area contributed by atoms with Gasteiger partial charge in [0.2, 0.25) is 0 Å². The lowest BCUT2D eigenvalue weighted by atomic mass is 10.3. The number of H-pyrrole nitrogens is 1. The molecule has 1 aromatic carbocycles. The van der Waals surface area contributed by atoms with Gasteiger partial charge in [-0.3, -0.25) is 23.9 Å². The van der Waals surface area contributed by atoms with Crippen molar-refractivity contribution in [3.63, 3.8) is 0 Å². The van der Waals surface area contributed by atoms with Crippen molar-refractivity contribution < 1.29 is 14.3 Å². The zero-order chi connectivity index (χ0) is 18.9. The molecule has 0 atom stereocenters. The van der Waals surface area contributed by atoms with Crippen molar-refractivity contribution in [3.05, 3.63) is 57.4 Å². The molecule has 0 fully saturated rings. The van der Waals surface area contributed by atoms with Gasteiger partial charge in [0.15, 0.2) is 6.61 Å². The molecule has 0 aliphatic heterocycles. The minimum absolute atomic E-state index is 0.232. The van der Waals surface area contributed by atoms with E-state index in [1.54, 1.807) is 24.3 Å². The van der Waals surface area contributed by atoms with E-state index in [4.69, 9.17) is 10.00 Å². The number of aromatic amines is 1. The lowest BCUT2D eigenvalue weighted by Gasteiger charge is -2.10. The number of ether oxygens (including phenoxy) is 1. The minimum Gasteiger partial charge on any atom is -0.454 e. The van der Waals surface area contributed by atoms with Gasteiger partial charge in [0.05, 0.1) is 17.5 Å². The van der Waals surface area contributed by atoms with Crippen LogP contribution in [0.3, 0.4) is 0 Å². The number of carbonyl (C=O) groups excluding carboxylic acids is 2. The average molecular weight is 374 g/mol. The van der Waals surface area contributed by atoms with Crippen molar-refractivity contribution in [1.29, 1.82) is 5.26 Å². The maximum Gasteiger partial charge on any atom is 0.328 e. The first-order valence-corrected chi connectivity index (χ1v) is 8.32. The fourth-order valence-electron chi connectivity index (χ4n) is 1.89. The van der Waals surface area contributed by atoms with E-state index in [9.17, 15) is 19.2 Å². The summed E-state index contributed by atoms with van der Waals surface area (Å²) in [5.74, 6) is -1.13. The quantitative estimate of drug-likeness (QED) is 0.527. The van der Waals surface area contributed by atoms with E-state index < -0.39 is 36.3 Å². The summed E-state index contributed by atoms with van der Waals surface area (Å²) in [4.78, 5) is 48.8. The molecule has 0 saturated carbocycles. The highest BCUT2D eigenvalue weighted by Crippen LogP contribution is 2.26. The predicted octanol–water partition coefficient (Wildman–Crippen LogP) is 0.334. The molecule has 10 heteroatoms. The van der Waals surface area contributed by atoms with Crippen LogP contribution in [0.5, 0.6) is 0 Å². The number of nitrogens with one attached hydrogen (secondary N) is 2. The van der Waals surface area contributed by atoms with E-state index in [1.807, 2.05) is 11.1 Å². The highest BCUT2D eigenvalue weighted by atomic mass is 32.2. The lowest BCUT2D eigenvalue weighted by molar-refractivity contribution is -0.148. The summed E-state index contributed by atoms with van der Waals surface area (Å²) in [7, 11) is 0. The number of aromatic nitrogens is 2. The van der Waals surface area contributed by atoms with E-state index in [1.165, 1.54) is 11.8 Å². The molecule has 134 valence electrons. The van der Waals surface area contributed by atoms with Crippen LogP contribution in [0, 0.1) is 11.3 Å². The van der Waals surface area contributed by atoms with Gasteiger partial charge in [-0.2, -0.15) is 5.26 Å². The number of anilines is 1. The number of para-hydroxylation sites is 1. The first-order valence-electron chi connectivity index (χ1n) is 7.33. The highest BCUT2D eigenvalue weighted by Gasteiger charge is 2.11. The molecule has 0 aliphatic carbocycles. The summed E-state index contributed by atoms with van der Waals surface area (Å²) in [5.41, 5.74) is -0.820. The molecular weight excluding hydrogens is 360 g/mol. The Kier molecular flexibility index (Phi) is 6.75. The number of amides is 1. The van der Waals surface area contributed by atoms with Crippen LogP contribution in [0.4, 0.5) is 5.69 Å². The van der Waals surface area contributed by atoms with E-state index in [2.05, 4.69) is 5.32 Å². The maximum absolute atomic E-state index is 11.9. The van der Waals surface area contributed by atoms with Gasteiger partial charge in [-0.1, -0.05) is 12.1 Å². The third-order valence-electron chi connectivity index (χ3n) is 3.01. The Labute approximate surface area is 151 Å². The second-order valence-corrected chi connectivity index (χ2v) is 5.91. The van der Waals surface area contributed by atoms with Crippen molar-refractivity contribution in [2.24, 2.45) is 0 Å². The fourth-order valence-corrected chi connectivity index (χ4v) is 2.56. The number of nitrogens with zero attached hydrogens (tertiary/aromatic N) is 2. The second-order valence-electron chi connectivity index (χ2n) is 4.89. The van der Waals surface area contributed by atoms with Crippen LogP contribution in [-0.4, -0.2) is 33.8 Å². The topological polar surface area (TPSA) is 134 Å². The molecule has 0 radical (unpaired) electrons.